The Balaban J connectivity index is 2.24. The SMILES string of the molecule is CCCCN(CCCC)S(=O)(=O)c1ccc(NC(=O)c2cc([N+](=O)[O-])cc([N+](=O)[O-])c2)cc1. The fourth-order valence-electron chi connectivity index (χ4n) is 3.02. The van der Waals surface area contributed by atoms with Crippen molar-refractivity contribution in [1.82, 2.24) is 4.31 Å². The van der Waals surface area contributed by atoms with Crippen LogP contribution in [0.2, 0.25) is 0 Å². The number of benzene rings is 2. The van der Waals surface area contributed by atoms with Gasteiger partial charge in [-0.05, 0) is 37.1 Å². The van der Waals surface area contributed by atoms with Gasteiger partial charge in [0.1, 0.15) is 0 Å². The van der Waals surface area contributed by atoms with Crippen molar-refractivity contribution >= 4 is 33.0 Å². The number of nitrogens with zero attached hydrogens (tertiary/aromatic N) is 3. The van der Waals surface area contributed by atoms with E-state index >= 15 is 0 Å². The van der Waals surface area contributed by atoms with E-state index in [1.165, 1.54) is 28.6 Å². The molecule has 1 N–H and O–H groups in total. The van der Waals surface area contributed by atoms with Gasteiger partial charge in [0, 0.05) is 30.9 Å². The number of hydrogen-bond donors (Lipinski definition) is 1. The standard InChI is InChI=1S/C21H26N4O7S/c1-3-5-11-23(12-6-4-2)33(31,32)20-9-7-17(8-10-20)22-21(26)16-13-18(24(27)28)15-19(14-16)25(29)30/h7-10,13-15H,3-6,11-12H2,1-2H3,(H,22,26). The summed E-state index contributed by atoms with van der Waals surface area (Å²) in [7, 11) is -3.70. The summed E-state index contributed by atoms with van der Waals surface area (Å²) < 4.78 is 27.5. The zero-order chi connectivity index (χ0) is 24.6. The second kappa shape index (κ2) is 11.5. The summed E-state index contributed by atoms with van der Waals surface area (Å²) in [6, 6.07) is 8.15. The van der Waals surface area contributed by atoms with Crippen LogP contribution in [0.1, 0.15) is 49.9 Å². The van der Waals surface area contributed by atoms with E-state index in [0.29, 0.717) is 13.1 Å². The second-order valence-electron chi connectivity index (χ2n) is 7.34. The molecule has 0 heterocycles. The second-order valence-corrected chi connectivity index (χ2v) is 9.28. The lowest BCUT2D eigenvalue weighted by atomic mass is 10.1. The van der Waals surface area contributed by atoms with E-state index in [4.69, 9.17) is 0 Å². The van der Waals surface area contributed by atoms with Crippen molar-refractivity contribution in [3.63, 3.8) is 0 Å². The molecule has 0 unspecified atom stereocenters. The molecule has 0 aliphatic heterocycles. The molecule has 1 amide bonds. The molecule has 0 saturated carbocycles. The number of nitro groups is 2. The van der Waals surface area contributed by atoms with Gasteiger partial charge in [0.25, 0.3) is 17.3 Å². The number of sulfonamides is 1. The van der Waals surface area contributed by atoms with E-state index in [1.54, 1.807) is 0 Å². The molecule has 0 atom stereocenters. The minimum Gasteiger partial charge on any atom is -0.322 e. The highest BCUT2D eigenvalue weighted by molar-refractivity contribution is 7.89. The molecule has 0 saturated heterocycles. The van der Waals surface area contributed by atoms with Gasteiger partial charge in [-0.2, -0.15) is 4.31 Å². The van der Waals surface area contributed by atoms with Gasteiger partial charge in [-0.25, -0.2) is 8.42 Å². The zero-order valence-electron chi connectivity index (χ0n) is 18.4. The van der Waals surface area contributed by atoms with Crippen LogP contribution >= 0.6 is 0 Å². The monoisotopic (exact) mass is 478 g/mol. The highest BCUT2D eigenvalue weighted by Crippen LogP contribution is 2.24. The lowest BCUT2D eigenvalue weighted by Gasteiger charge is -2.22. The van der Waals surface area contributed by atoms with Crippen molar-refractivity contribution < 1.29 is 23.1 Å². The predicted molar refractivity (Wildman–Crippen MR) is 123 cm³/mol. The van der Waals surface area contributed by atoms with Gasteiger partial charge >= 0.3 is 0 Å². The van der Waals surface area contributed by atoms with E-state index in [-0.39, 0.29) is 16.1 Å². The number of rotatable bonds is 12. The predicted octanol–water partition coefficient (Wildman–Crippen LogP) is 4.35. The van der Waals surface area contributed by atoms with Crippen LogP contribution in [0.15, 0.2) is 47.4 Å². The molecule has 11 nitrogen and oxygen atoms in total. The molecular formula is C21H26N4O7S. The zero-order valence-corrected chi connectivity index (χ0v) is 19.2. The quantitative estimate of drug-likeness (QED) is 0.351. The van der Waals surface area contributed by atoms with E-state index in [9.17, 15) is 33.4 Å². The summed E-state index contributed by atoms with van der Waals surface area (Å²) in [5.41, 5.74) is -1.20. The smallest absolute Gasteiger partial charge is 0.277 e. The van der Waals surface area contributed by atoms with Crippen LogP contribution in [0.25, 0.3) is 0 Å². The van der Waals surface area contributed by atoms with E-state index in [0.717, 1.165) is 43.9 Å². The van der Waals surface area contributed by atoms with E-state index in [1.807, 2.05) is 13.8 Å². The first kappa shape index (κ1) is 25.9. The van der Waals surface area contributed by atoms with Crippen LogP contribution in [0.4, 0.5) is 17.1 Å². The van der Waals surface area contributed by atoms with Crippen molar-refractivity contribution in [2.75, 3.05) is 18.4 Å². The Labute approximate surface area is 191 Å². The number of nitro benzene ring substituents is 2. The first-order chi connectivity index (χ1) is 15.6. The van der Waals surface area contributed by atoms with Gasteiger partial charge in [0.2, 0.25) is 10.0 Å². The number of nitrogens with one attached hydrogen (secondary N) is 1. The summed E-state index contributed by atoms with van der Waals surface area (Å²) >= 11 is 0. The Morgan fingerprint density at radius 2 is 1.39 bits per heavy atom. The number of hydrogen-bond acceptors (Lipinski definition) is 7. The van der Waals surface area contributed by atoms with Crippen molar-refractivity contribution in [2.45, 2.75) is 44.4 Å². The van der Waals surface area contributed by atoms with Crippen molar-refractivity contribution in [2.24, 2.45) is 0 Å². The summed E-state index contributed by atoms with van der Waals surface area (Å²) in [4.78, 5) is 33.0. The molecule has 12 heteroatoms. The van der Waals surface area contributed by atoms with Gasteiger partial charge in [-0.1, -0.05) is 26.7 Å². The minimum atomic E-state index is -3.70. The first-order valence-corrected chi connectivity index (χ1v) is 11.9. The number of anilines is 1. The van der Waals surface area contributed by atoms with Gasteiger partial charge < -0.3 is 5.32 Å². The molecule has 0 aliphatic rings. The number of amides is 1. The van der Waals surface area contributed by atoms with Gasteiger partial charge in [0.15, 0.2) is 0 Å². The molecule has 0 radical (unpaired) electrons. The van der Waals surface area contributed by atoms with Gasteiger partial charge in [-0.15, -0.1) is 0 Å². The van der Waals surface area contributed by atoms with Crippen LogP contribution in [0, 0.1) is 20.2 Å². The van der Waals surface area contributed by atoms with E-state index in [2.05, 4.69) is 5.32 Å². The summed E-state index contributed by atoms with van der Waals surface area (Å²) in [5, 5.41) is 24.5. The Hall–Kier alpha value is -3.38. The largest absolute Gasteiger partial charge is 0.322 e. The average Bonchev–Trinajstić information content (AvgIpc) is 2.78. The van der Waals surface area contributed by atoms with Crippen LogP contribution < -0.4 is 5.32 Å². The molecule has 178 valence electrons. The Morgan fingerprint density at radius 3 is 1.82 bits per heavy atom. The van der Waals surface area contributed by atoms with Crippen LogP contribution in [-0.4, -0.2) is 41.6 Å². The topological polar surface area (TPSA) is 153 Å². The summed E-state index contributed by atoms with van der Waals surface area (Å²) in [6.45, 7) is 4.81. The highest BCUT2D eigenvalue weighted by atomic mass is 32.2. The van der Waals surface area contributed by atoms with Crippen LogP contribution in [0.5, 0.6) is 0 Å². The molecule has 0 spiro atoms. The third-order valence-corrected chi connectivity index (χ3v) is 6.77. The Kier molecular flexibility index (Phi) is 9.00. The molecular weight excluding hydrogens is 452 g/mol. The molecule has 0 fully saturated rings. The Morgan fingerprint density at radius 1 is 0.909 bits per heavy atom. The van der Waals surface area contributed by atoms with Gasteiger partial charge in [0.05, 0.1) is 26.4 Å². The molecule has 2 rings (SSSR count). The third kappa shape index (κ3) is 6.80. The first-order valence-electron chi connectivity index (χ1n) is 10.5. The maximum atomic E-state index is 13.0. The maximum Gasteiger partial charge on any atom is 0.277 e. The highest BCUT2D eigenvalue weighted by Gasteiger charge is 2.24. The minimum absolute atomic E-state index is 0.0821. The fraction of sp³-hybridized carbons (Fsp3) is 0.381. The molecule has 0 aromatic heterocycles. The van der Waals surface area contributed by atoms with Crippen LogP contribution in [-0.2, 0) is 10.0 Å². The van der Waals surface area contributed by atoms with Crippen molar-refractivity contribution in [3.8, 4) is 0 Å². The average molecular weight is 479 g/mol. The van der Waals surface area contributed by atoms with Crippen molar-refractivity contribution in [3.05, 3.63) is 68.3 Å². The number of carbonyl (C=O) groups excluding carboxylic acids is 1. The molecule has 0 bridgehead atoms. The molecule has 2 aromatic rings. The van der Waals surface area contributed by atoms with Crippen molar-refractivity contribution in [1.29, 1.82) is 0 Å². The summed E-state index contributed by atoms with van der Waals surface area (Å²) in [5.74, 6) is -0.801. The maximum absolute atomic E-state index is 13.0. The lowest BCUT2D eigenvalue weighted by Crippen LogP contribution is -2.33. The van der Waals surface area contributed by atoms with E-state index < -0.39 is 37.2 Å². The lowest BCUT2D eigenvalue weighted by molar-refractivity contribution is -0.394. The fourth-order valence-corrected chi connectivity index (χ4v) is 4.54. The molecule has 2 aromatic carbocycles. The molecule has 33 heavy (non-hydrogen) atoms. The normalized spacial score (nSPS) is 11.4. The number of non-ortho nitro benzene ring substituents is 2. The number of carbonyl (C=O) groups is 1. The Bertz CT molecular complexity index is 1080. The van der Waals surface area contributed by atoms with Gasteiger partial charge in [-0.3, -0.25) is 25.0 Å². The van der Waals surface area contributed by atoms with Crippen LogP contribution in [0.3, 0.4) is 0 Å². The molecule has 0 aliphatic carbocycles. The summed E-state index contributed by atoms with van der Waals surface area (Å²) in [6.07, 6.45) is 3.21. The third-order valence-electron chi connectivity index (χ3n) is 4.86. The number of unbranched alkanes of at least 4 members (excludes halogenated alkanes) is 2.